The molecule has 0 radical (unpaired) electrons. The van der Waals surface area contributed by atoms with Crippen molar-refractivity contribution in [2.75, 3.05) is 18.4 Å². The van der Waals surface area contributed by atoms with Gasteiger partial charge in [0.1, 0.15) is 5.71 Å². The minimum Gasteiger partial charge on any atom is -0.463 e. The van der Waals surface area contributed by atoms with Crippen LogP contribution < -0.4 is 5.32 Å². The highest BCUT2D eigenvalue weighted by molar-refractivity contribution is 6.14. The predicted octanol–water partition coefficient (Wildman–Crippen LogP) is 2.93. The van der Waals surface area contributed by atoms with Gasteiger partial charge in [-0.25, -0.2) is 0 Å². The van der Waals surface area contributed by atoms with E-state index in [9.17, 15) is 0 Å². The van der Waals surface area contributed by atoms with Crippen LogP contribution in [0.25, 0.3) is 0 Å². The Bertz CT molecular complexity index is 529. The molecule has 0 fully saturated rings. The van der Waals surface area contributed by atoms with Gasteiger partial charge in [-0.3, -0.25) is 4.99 Å². The lowest BCUT2D eigenvalue weighted by Crippen LogP contribution is -2.14. The zero-order valence-corrected chi connectivity index (χ0v) is 9.52. The zero-order valence-electron chi connectivity index (χ0n) is 9.52. The van der Waals surface area contributed by atoms with Crippen LogP contribution in [0, 0.1) is 0 Å². The Morgan fingerprint density at radius 1 is 1.12 bits per heavy atom. The van der Waals surface area contributed by atoms with Gasteiger partial charge in [0.2, 0.25) is 0 Å². The molecule has 2 aromatic rings. The zero-order chi connectivity index (χ0) is 11.5. The summed E-state index contributed by atoms with van der Waals surface area (Å²) in [6, 6.07) is 12.1. The second-order valence-electron chi connectivity index (χ2n) is 4.03. The van der Waals surface area contributed by atoms with Crippen molar-refractivity contribution in [2.45, 2.75) is 6.42 Å². The van der Waals surface area contributed by atoms with Crippen molar-refractivity contribution in [1.29, 1.82) is 0 Å². The molecule has 0 saturated carbocycles. The molecule has 0 atom stereocenters. The maximum absolute atomic E-state index is 5.47. The molecule has 17 heavy (non-hydrogen) atoms. The van der Waals surface area contributed by atoms with E-state index in [-0.39, 0.29) is 0 Å². The lowest BCUT2D eigenvalue weighted by Gasteiger charge is -2.15. The van der Waals surface area contributed by atoms with Crippen LogP contribution in [0.1, 0.15) is 17.7 Å². The molecular formula is C14H14N2O. The van der Waals surface area contributed by atoms with Crippen LogP contribution in [0.2, 0.25) is 0 Å². The van der Waals surface area contributed by atoms with Crippen LogP contribution in [-0.4, -0.2) is 18.8 Å². The van der Waals surface area contributed by atoms with E-state index in [0.29, 0.717) is 0 Å². The summed E-state index contributed by atoms with van der Waals surface area (Å²) in [5.41, 5.74) is 3.18. The monoisotopic (exact) mass is 226 g/mol. The Kier molecular flexibility index (Phi) is 2.66. The Morgan fingerprint density at radius 2 is 2.06 bits per heavy atom. The molecule has 1 aliphatic rings. The van der Waals surface area contributed by atoms with E-state index in [2.05, 4.69) is 22.4 Å². The number of para-hydroxylation sites is 1. The van der Waals surface area contributed by atoms with Gasteiger partial charge in [0.25, 0.3) is 0 Å². The largest absolute Gasteiger partial charge is 0.463 e. The summed E-state index contributed by atoms with van der Waals surface area (Å²) in [6.45, 7) is 1.79. The van der Waals surface area contributed by atoms with E-state index in [1.54, 1.807) is 6.26 Å². The second kappa shape index (κ2) is 4.45. The Hall–Kier alpha value is -2.03. The Morgan fingerprint density at radius 3 is 2.94 bits per heavy atom. The van der Waals surface area contributed by atoms with Crippen LogP contribution in [-0.2, 0) is 0 Å². The normalized spacial score (nSPS) is 18.2. The van der Waals surface area contributed by atoms with Crippen molar-refractivity contribution in [3.63, 3.8) is 0 Å². The summed E-state index contributed by atoms with van der Waals surface area (Å²) in [6.07, 6.45) is 2.73. The minimum atomic E-state index is 0.831. The van der Waals surface area contributed by atoms with Crippen LogP contribution in [0.15, 0.2) is 52.1 Å². The predicted molar refractivity (Wildman–Crippen MR) is 68.8 cm³/mol. The van der Waals surface area contributed by atoms with E-state index in [4.69, 9.17) is 4.42 Å². The number of nitrogens with zero attached hydrogens (tertiary/aromatic N) is 1. The molecule has 1 aromatic carbocycles. The van der Waals surface area contributed by atoms with Gasteiger partial charge in [-0.2, -0.15) is 0 Å². The van der Waals surface area contributed by atoms with Gasteiger partial charge in [0, 0.05) is 24.3 Å². The van der Waals surface area contributed by atoms with Gasteiger partial charge in [0.15, 0.2) is 5.76 Å². The first-order chi connectivity index (χ1) is 8.45. The number of hydrogen-bond acceptors (Lipinski definition) is 3. The molecule has 3 heteroatoms. The fraction of sp³-hybridized carbons (Fsp3) is 0.214. The number of anilines is 1. The van der Waals surface area contributed by atoms with E-state index in [1.807, 2.05) is 24.3 Å². The topological polar surface area (TPSA) is 37.5 Å². The van der Waals surface area contributed by atoms with Crippen LogP contribution in [0.4, 0.5) is 5.69 Å². The number of aliphatic imine (C=N–C) groups is 1. The average Bonchev–Trinajstić information content (AvgIpc) is 2.84. The van der Waals surface area contributed by atoms with E-state index in [0.717, 1.165) is 42.2 Å². The molecule has 0 saturated heterocycles. The fourth-order valence-electron chi connectivity index (χ4n) is 2.05. The molecule has 0 spiro atoms. The smallest absolute Gasteiger partial charge is 0.152 e. The fourth-order valence-corrected chi connectivity index (χ4v) is 2.05. The van der Waals surface area contributed by atoms with Crippen molar-refractivity contribution in [3.05, 3.63) is 54.0 Å². The average molecular weight is 226 g/mol. The van der Waals surface area contributed by atoms with Crippen molar-refractivity contribution in [2.24, 2.45) is 4.99 Å². The van der Waals surface area contributed by atoms with Crippen molar-refractivity contribution < 1.29 is 4.42 Å². The Balaban J connectivity index is 2.13. The Labute approximate surface area is 100 Å². The first-order valence-corrected chi connectivity index (χ1v) is 5.87. The molecule has 0 amide bonds. The molecule has 0 aliphatic carbocycles. The van der Waals surface area contributed by atoms with E-state index in [1.165, 1.54) is 0 Å². The number of nitrogens with one attached hydrogen (secondary N) is 1. The third-order valence-corrected chi connectivity index (χ3v) is 2.86. The van der Waals surface area contributed by atoms with Crippen molar-refractivity contribution in [3.8, 4) is 0 Å². The van der Waals surface area contributed by atoms with Gasteiger partial charge >= 0.3 is 0 Å². The number of furan rings is 1. The van der Waals surface area contributed by atoms with Gasteiger partial charge in [-0.1, -0.05) is 18.2 Å². The summed E-state index contributed by atoms with van der Waals surface area (Å²) in [4.78, 5) is 4.65. The standard InChI is InChI=1S/C14H14N2O/c1-2-6-12-11(5-1)14(13-7-3-10-17-13)16-9-4-8-15-12/h1-3,5-7,10,15H,4,8-9H2/b16-14+. The molecule has 1 aromatic heterocycles. The van der Waals surface area contributed by atoms with Gasteiger partial charge in [0.05, 0.1) is 6.26 Å². The van der Waals surface area contributed by atoms with Crippen LogP contribution in [0.3, 0.4) is 0 Å². The first kappa shape index (κ1) is 10.1. The lowest BCUT2D eigenvalue weighted by molar-refractivity contribution is 0.557. The molecule has 1 aliphatic heterocycles. The highest BCUT2D eigenvalue weighted by atomic mass is 16.3. The summed E-state index contributed by atoms with van der Waals surface area (Å²) < 4.78 is 5.47. The molecule has 0 unspecified atom stereocenters. The molecule has 2 heterocycles. The number of rotatable bonds is 1. The van der Waals surface area contributed by atoms with E-state index < -0.39 is 0 Å². The molecule has 0 bridgehead atoms. The van der Waals surface area contributed by atoms with E-state index >= 15 is 0 Å². The molecule has 3 nitrogen and oxygen atoms in total. The third-order valence-electron chi connectivity index (χ3n) is 2.86. The van der Waals surface area contributed by atoms with Gasteiger partial charge in [-0.05, 0) is 24.6 Å². The third kappa shape index (κ3) is 1.96. The summed E-state index contributed by atoms with van der Waals surface area (Å²) in [7, 11) is 0. The number of hydrogen-bond donors (Lipinski definition) is 1. The second-order valence-corrected chi connectivity index (χ2v) is 4.03. The SMILES string of the molecule is c1coc(/C2=N/CCCNc3ccccc32)c1. The molecule has 3 rings (SSSR count). The maximum Gasteiger partial charge on any atom is 0.152 e. The molecule has 86 valence electrons. The quantitative estimate of drug-likeness (QED) is 0.811. The van der Waals surface area contributed by atoms with Gasteiger partial charge in [-0.15, -0.1) is 0 Å². The summed E-state index contributed by atoms with van der Waals surface area (Å²) >= 11 is 0. The highest BCUT2D eigenvalue weighted by Gasteiger charge is 2.14. The van der Waals surface area contributed by atoms with Crippen molar-refractivity contribution in [1.82, 2.24) is 0 Å². The maximum atomic E-state index is 5.47. The summed E-state index contributed by atoms with van der Waals surface area (Å²) in [5, 5.41) is 3.43. The molecule has 1 N–H and O–H groups in total. The summed E-state index contributed by atoms with van der Waals surface area (Å²) in [5.74, 6) is 0.834. The molecular weight excluding hydrogens is 212 g/mol. The first-order valence-electron chi connectivity index (χ1n) is 5.87. The van der Waals surface area contributed by atoms with Crippen LogP contribution >= 0.6 is 0 Å². The minimum absolute atomic E-state index is 0.831. The van der Waals surface area contributed by atoms with Crippen LogP contribution in [0.5, 0.6) is 0 Å². The highest BCUT2D eigenvalue weighted by Crippen LogP contribution is 2.21. The van der Waals surface area contributed by atoms with Gasteiger partial charge < -0.3 is 9.73 Å². The number of benzene rings is 1. The number of fused-ring (bicyclic) bond motifs is 1. The van der Waals surface area contributed by atoms with Crippen molar-refractivity contribution >= 4 is 11.4 Å². The lowest BCUT2D eigenvalue weighted by atomic mass is 10.0.